The third-order valence-corrected chi connectivity index (χ3v) is 4.04. The highest BCUT2D eigenvalue weighted by atomic mass is 16.5. The van der Waals surface area contributed by atoms with E-state index >= 15 is 0 Å². The van der Waals surface area contributed by atoms with E-state index in [1.807, 2.05) is 6.07 Å². The quantitative estimate of drug-likeness (QED) is 0.857. The molecule has 1 aliphatic rings. The Morgan fingerprint density at radius 3 is 2.76 bits per heavy atom. The molecule has 0 aliphatic carbocycles. The average Bonchev–Trinajstić information content (AvgIpc) is 2.54. The summed E-state index contributed by atoms with van der Waals surface area (Å²) in [7, 11) is 3.32. The van der Waals surface area contributed by atoms with Crippen LogP contribution in [0.2, 0.25) is 0 Å². The Morgan fingerprint density at radius 1 is 1.33 bits per heavy atom. The van der Waals surface area contributed by atoms with Crippen LogP contribution in [0, 0.1) is 0 Å². The molecule has 0 saturated carbocycles. The van der Waals surface area contributed by atoms with Crippen molar-refractivity contribution in [3.8, 4) is 11.5 Å². The van der Waals surface area contributed by atoms with Crippen LogP contribution in [-0.4, -0.2) is 57.5 Å². The lowest BCUT2D eigenvalue weighted by molar-refractivity contribution is -0.0358. The van der Waals surface area contributed by atoms with Crippen molar-refractivity contribution in [2.75, 3.05) is 40.5 Å². The number of methoxy groups -OCH3 is 2. The van der Waals surface area contributed by atoms with E-state index in [2.05, 4.69) is 24.0 Å². The standard InChI is InChI=1S/C16H26N2O3/c1-12(18-6-7-21-14(10-17)11-18)8-13-4-5-15(19-2)16(9-13)20-3/h4-5,9,12,14H,6-8,10-11,17H2,1-3H3. The van der Waals surface area contributed by atoms with E-state index in [-0.39, 0.29) is 6.10 Å². The molecule has 2 unspecified atom stereocenters. The van der Waals surface area contributed by atoms with Gasteiger partial charge in [-0.1, -0.05) is 6.07 Å². The Labute approximate surface area is 127 Å². The summed E-state index contributed by atoms with van der Waals surface area (Å²) in [5.41, 5.74) is 6.95. The van der Waals surface area contributed by atoms with Gasteiger partial charge in [0.05, 0.1) is 26.9 Å². The average molecular weight is 294 g/mol. The number of ether oxygens (including phenoxy) is 3. The fourth-order valence-electron chi connectivity index (χ4n) is 2.76. The molecular formula is C16H26N2O3. The number of morpholine rings is 1. The Balaban J connectivity index is 2.00. The molecule has 0 spiro atoms. The van der Waals surface area contributed by atoms with Crippen molar-refractivity contribution in [1.29, 1.82) is 0 Å². The lowest BCUT2D eigenvalue weighted by Crippen LogP contribution is -2.49. The van der Waals surface area contributed by atoms with Gasteiger partial charge in [-0.05, 0) is 31.0 Å². The van der Waals surface area contributed by atoms with Gasteiger partial charge in [-0.2, -0.15) is 0 Å². The molecule has 1 aromatic carbocycles. The molecule has 0 radical (unpaired) electrons. The molecule has 5 heteroatoms. The van der Waals surface area contributed by atoms with Gasteiger partial charge in [0.2, 0.25) is 0 Å². The smallest absolute Gasteiger partial charge is 0.160 e. The van der Waals surface area contributed by atoms with Crippen LogP contribution in [0.25, 0.3) is 0 Å². The predicted octanol–water partition coefficient (Wildman–Crippen LogP) is 1.29. The SMILES string of the molecule is COc1ccc(CC(C)N2CCOC(CN)C2)cc1OC. The Hall–Kier alpha value is -1.30. The first kappa shape index (κ1) is 16.1. The van der Waals surface area contributed by atoms with E-state index < -0.39 is 0 Å². The molecule has 1 fully saturated rings. The minimum atomic E-state index is 0.159. The summed E-state index contributed by atoms with van der Waals surface area (Å²) < 4.78 is 16.3. The van der Waals surface area contributed by atoms with Gasteiger partial charge in [0.1, 0.15) is 0 Å². The van der Waals surface area contributed by atoms with Crippen molar-refractivity contribution in [3.05, 3.63) is 23.8 Å². The monoisotopic (exact) mass is 294 g/mol. The van der Waals surface area contributed by atoms with Crippen molar-refractivity contribution in [2.45, 2.75) is 25.5 Å². The molecule has 5 nitrogen and oxygen atoms in total. The maximum Gasteiger partial charge on any atom is 0.160 e. The largest absolute Gasteiger partial charge is 0.493 e. The van der Waals surface area contributed by atoms with Gasteiger partial charge in [-0.3, -0.25) is 4.90 Å². The first-order chi connectivity index (χ1) is 10.2. The Morgan fingerprint density at radius 2 is 2.10 bits per heavy atom. The van der Waals surface area contributed by atoms with Gasteiger partial charge < -0.3 is 19.9 Å². The van der Waals surface area contributed by atoms with Crippen LogP contribution < -0.4 is 15.2 Å². The van der Waals surface area contributed by atoms with E-state index in [0.717, 1.165) is 37.6 Å². The van der Waals surface area contributed by atoms with Gasteiger partial charge in [-0.15, -0.1) is 0 Å². The molecule has 0 aromatic heterocycles. The zero-order valence-electron chi connectivity index (χ0n) is 13.2. The number of hydrogen-bond acceptors (Lipinski definition) is 5. The van der Waals surface area contributed by atoms with E-state index in [1.165, 1.54) is 5.56 Å². The molecule has 0 amide bonds. The van der Waals surface area contributed by atoms with Gasteiger partial charge in [0.15, 0.2) is 11.5 Å². The summed E-state index contributed by atoms with van der Waals surface area (Å²) >= 11 is 0. The summed E-state index contributed by atoms with van der Waals surface area (Å²) in [5.74, 6) is 1.55. The molecule has 21 heavy (non-hydrogen) atoms. The molecule has 118 valence electrons. The first-order valence-electron chi connectivity index (χ1n) is 7.44. The number of nitrogens with two attached hydrogens (primary N) is 1. The molecule has 1 aliphatic heterocycles. The molecule has 1 saturated heterocycles. The van der Waals surface area contributed by atoms with Crippen molar-refractivity contribution >= 4 is 0 Å². The second kappa shape index (κ2) is 7.64. The van der Waals surface area contributed by atoms with Crippen LogP contribution in [-0.2, 0) is 11.2 Å². The van der Waals surface area contributed by atoms with Crippen molar-refractivity contribution in [2.24, 2.45) is 5.73 Å². The maximum atomic E-state index is 5.71. The van der Waals surface area contributed by atoms with Gasteiger partial charge in [-0.25, -0.2) is 0 Å². The molecular weight excluding hydrogens is 268 g/mol. The summed E-state index contributed by atoms with van der Waals surface area (Å²) in [5, 5.41) is 0. The Kier molecular flexibility index (Phi) is 5.85. The fourth-order valence-corrected chi connectivity index (χ4v) is 2.76. The first-order valence-corrected chi connectivity index (χ1v) is 7.44. The van der Waals surface area contributed by atoms with E-state index in [4.69, 9.17) is 19.9 Å². The fraction of sp³-hybridized carbons (Fsp3) is 0.625. The van der Waals surface area contributed by atoms with E-state index in [1.54, 1.807) is 14.2 Å². The minimum Gasteiger partial charge on any atom is -0.493 e. The van der Waals surface area contributed by atoms with Crippen LogP contribution in [0.1, 0.15) is 12.5 Å². The van der Waals surface area contributed by atoms with Gasteiger partial charge in [0.25, 0.3) is 0 Å². The third kappa shape index (κ3) is 4.09. The highest BCUT2D eigenvalue weighted by molar-refractivity contribution is 5.43. The number of rotatable bonds is 6. The van der Waals surface area contributed by atoms with Crippen molar-refractivity contribution < 1.29 is 14.2 Å². The van der Waals surface area contributed by atoms with Gasteiger partial charge in [0, 0.05) is 25.7 Å². The van der Waals surface area contributed by atoms with Crippen LogP contribution in [0.4, 0.5) is 0 Å². The zero-order valence-corrected chi connectivity index (χ0v) is 13.2. The summed E-state index contributed by atoms with van der Waals surface area (Å²) in [6.45, 7) is 5.46. The van der Waals surface area contributed by atoms with Crippen LogP contribution in [0.3, 0.4) is 0 Å². The summed E-state index contributed by atoms with van der Waals surface area (Å²) in [6, 6.07) is 6.55. The maximum absolute atomic E-state index is 5.71. The lowest BCUT2D eigenvalue weighted by atomic mass is 10.0. The number of benzene rings is 1. The lowest BCUT2D eigenvalue weighted by Gasteiger charge is -2.36. The molecule has 0 bridgehead atoms. The molecule has 1 heterocycles. The highest BCUT2D eigenvalue weighted by Crippen LogP contribution is 2.28. The van der Waals surface area contributed by atoms with Gasteiger partial charge >= 0.3 is 0 Å². The molecule has 2 atom stereocenters. The van der Waals surface area contributed by atoms with E-state index in [0.29, 0.717) is 12.6 Å². The van der Waals surface area contributed by atoms with Crippen LogP contribution in [0.15, 0.2) is 18.2 Å². The second-order valence-electron chi connectivity index (χ2n) is 5.47. The van der Waals surface area contributed by atoms with Crippen LogP contribution >= 0.6 is 0 Å². The predicted molar refractivity (Wildman–Crippen MR) is 83.1 cm³/mol. The molecule has 2 rings (SSSR count). The summed E-state index contributed by atoms with van der Waals surface area (Å²) in [6.07, 6.45) is 1.13. The Bertz CT molecular complexity index is 453. The normalized spacial score (nSPS) is 21.0. The zero-order chi connectivity index (χ0) is 15.2. The van der Waals surface area contributed by atoms with Crippen molar-refractivity contribution in [1.82, 2.24) is 4.90 Å². The van der Waals surface area contributed by atoms with Crippen molar-refractivity contribution in [3.63, 3.8) is 0 Å². The van der Waals surface area contributed by atoms with E-state index in [9.17, 15) is 0 Å². The second-order valence-corrected chi connectivity index (χ2v) is 5.47. The minimum absolute atomic E-state index is 0.159. The highest BCUT2D eigenvalue weighted by Gasteiger charge is 2.23. The summed E-state index contributed by atoms with van der Waals surface area (Å²) in [4.78, 5) is 2.44. The number of nitrogens with zero attached hydrogens (tertiary/aromatic N) is 1. The van der Waals surface area contributed by atoms with Crippen LogP contribution in [0.5, 0.6) is 11.5 Å². The molecule has 2 N–H and O–H groups in total. The number of hydrogen-bond donors (Lipinski definition) is 1. The molecule has 1 aromatic rings. The topological polar surface area (TPSA) is 57.0 Å². The third-order valence-electron chi connectivity index (χ3n) is 4.04.